The molecule has 0 heterocycles. The van der Waals surface area contributed by atoms with Gasteiger partial charge >= 0.3 is 0 Å². The second-order valence-electron chi connectivity index (χ2n) is 5.53. The number of carbonyl (C=O) groups is 2. The van der Waals surface area contributed by atoms with Crippen molar-refractivity contribution in [2.24, 2.45) is 9.98 Å². The minimum atomic E-state index is -0.287. The van der Waals surface area contributed by atoms with Gasteiger partial charge in [0.1, 0.15) is 0 Å². The van der Waals surface area contributed by atoms with E-state index >= 15 is 0 Å². The van der Waals surface area contributed by atoms with Crippen molar-refractivity contribution >= 4 is 24.2 Å². The molecule has 0 aliphatic rings. The minimum absolute atomic E-state index is 0.287. The van der Waals surface area contributed by atoms with E-state index in [4.69, 9.17) is 0 Å². The van der Waals surface area contributed by atoms with Crippen LogP contribution in [0.1, 0.15) is 31.8 Å². The van der Waals surface area contributed by atoms with Gasteiger partial charge in [-0.2, -0.15) is 0 Å². The number of amides is 2. The van der Waals surface area contributed by atoms with Crippen molar-refractivity contribution in [3.8, 4) is 0 Å². The fourth-order valence-electron chi connectivity index (χ4n) is 2.25. The summed E-state index contributed by atoms with van der Waals surface area (Å²) in [5.74, 6) is -0.575. The van der Waals surface area contributed by atoms with Gasteiger partial charge in [-0.05, 0) is 35.4 Å². The summed E-state index contributed by atoms with van der Waals surface area (Å²) >= 11 is 0. The van der Waals surface area contributed by atoms with Crippen LogP contribution in [0.4, 0.5) is 0 Å². The van der Waals surface area contributed by atoms with E-state index in [2.05, 4.69) is 9.98 Å². The fourth-order valence-corrected chi connectivity index (χ4v) is 2.25. The molecule has 0 bridgehead atoms. The number of rotatable bonds is 4. The van der Waals surface area contributed by atoms with E-state index in [0.717, 1.165) is 11.1 Å². The standard InChI is InChI=1S/C22H16N2O2/c25-21(19-7-3-1-4-8-19)23-15-17-11-13-18(14-12-17)16-24-22(26)20-9-5-2-6-10-20/h1-16H/b23-15+,24-16+. The Labute approximate surface area is 151 Å². The molecular weight excluding hydrogens is 324 g/mol. The molecule has 0 atom stereocenters. The summed E-state index contributed by atoms with van der Waals surface area (Å²) in [6.45, 7) is 0. The number of benzene rings is 3. The molecule has 3 aromatic carbocycles. The van der Waals surface area contributed by atoms with Crippen molar-refractivity contribution in [1.82, 2.24) is 0 Å². The lowest BCUT2D eigenvalue weighted by molar-refractivity contribution is 0.0995. The summed E-state index contributed by atoms with van der Waals surface area (Å²) in [4.78, 5) is 31.8. The summed E-state index contributed by atoms with van der Waals surface area (Å²) in [5, 5.41) is 0. The van der Waals surface area contributed by atoms with Crippen LogP contribution in [0.3, 0.4) is 0 Å². The van der Waals surface area contributed by atoms with Crippen LogP contribution in [0.2, 0.25) is 0 Å². The van der Waals surface area contributed by atoms with E-state index in [1.54, 1.807) is 48.5 Å². The molecule has 0 saturated carbocycles. The van der Waals surface area contributed by atoms with Crippen LogP contribution < -0.4 is 0 Å². The average molecular weight is 340 g/mol. The molecule has 4 heteroatoms. The molecule has 0 fully saturated rings. The molecule has 0 N–H and O–H groups in total. The van der Waals surface area contributed by atoms with Crippen molar-refractivity contribution in [3.05, 3.63) is 107 Å². The zero-order valence-corrected chi connectivity index (χ0v) is 13.9. The molecule has 2 amide bonds. The SMILES string of the molecule is O=C(/N=C/c1ccc(/C=N/C(=O)c2ccccc2)cc1)c1ccccc1. The molecule has 26 heavy (non-hydrogen) atoms. The molecule has 3 rings (SSSR count). The first-order chi connectivity index (χ1) is 12.7. The van der Waals surface area contributed by atoms with E-state index in [0.29, 0.717) is 11.1 Å². The Kier molecular flexibility index (Phi) is 5.58. The van der Waals surface area contributed by atoms with Gasteiger partial charge in [0.05, 0.1) is 0 Å². The lowest BCUT2D eigenvalue weighted by Crippen LogP contribution is -1.96. The summed E-state index contributed by atoms with van der Waals surface area (Å²) in [5.41, 5.74) is 2.68. The highest BCUT2D eigenvalue weighted by molar-refractivity contribution is 6.03. The molecule has 0 aliphatic heterocycles. The van der Waals surface area contributed by atoms with Gasteiger partial charge in [-0.1, -0.05) is 60.7 Å². The molecule has 126 valence electrons. The second kappa shape index (κ2) is 8.44. The normalized spacial score (nSPS) is 11.1. The Hall–Kier alpha value is -3.66. The third-order valence-electron chi connectivity index (χ3n) is 3.64. The largest absolute Gasteiger partial charge is 0.276 e. The molecule has 0 unspecified atom stereocenters. The van der Waals surface area contributed by atoms with Gasteiger partial charge in [-0.15, -0.1) is 0 Å². The number of hydrogen-bond donors (Lipinski definition) is 0. The molecule has 0 aromatic heterocycles. The van der Waals surface area contributed by atoms with Gasteiger partial charge < -0.3 is 0 Å². The highest BCUT2D eigenvalue weighted by Crippen LogP contribution is 2.05. The third kappa shape index (κ3) is 4.68. The van der Waals surface area contributed by atoms with Crippen molar-refractivity contribution in [3.63, 3.8) is 0 Å². The van der Waals surface area contributed by atoms with Crippen LogP contribution in [0.15, 0.2) is 94.9 Å². The first-order valence-corrected chi connectivity index (χ1v) is 8.09. The van der Waals surface area contributed by atoms with Gasteiger partial charge in [-0.3, -0.25) is 9.59 Å². The lowest BCUT2D eigenvalue weighted by atomic mass is 10.1. The Morgan fingerprint density at radius 3 is 1.23 bits per heavy atom. The van der Waals surface area contributed by atoms with E-state index in [-0.39, 0.29) is 11.8 Å². The Morgan fingerprint density at radius 1 is 0.538 bits per heavy atom. The average Bonchev–Trinajstić information content (AvgIpc) is 2.72. The van der Waals surface area contributed by atoms with Crippen molar-refractivity contribution in [1.29, 1.82) is 0 Å². The maximum atomic E-state index is 11.9. The van der Waals surface area contributed by atoms with Crippen molar-refractivity contribution in [2.45, 2.75) is 0 Å². The van der Waals surface area contributed by atoms with Crippen molar-refractivity contribution in [2.75, 3.05) is 0 Å². The van der Waals surface area contributed by atoms with Gasteiger partial charge in [0.25, 0.3) is 11.8 Å². The maximum absolute atomic E-state index is 11.9. The summed E-state index contributed by atoms with van der Waals surface area (Å²) in [6, 6.07) is 25.1. The van der Waals surface area contributed by atoms with E-state index < -0.39 is 0 Å². The smallest absolute Gasteiger partial charge is 0.267 e. The maximum Gasteiger partial charge on any atom is 0.276 e. The Balaban J connectivity index is 1.63. The fraction of sp³-hybridized carbons (Fsp3) is 0. The van der Waals surface area contributed by atoms with Gasteiger partial charge in [-0.25, -0.2) is 9.98 Å². The van der Waals surface area contributed by atoms with Crippen molar-refractivity contribution < 1.29 is 9.59 Å². The third-order valence-corrected chi connectivity index (χ3v) is 3.64. The van der Waals surface area contributed by atoms with Crippen LogP contribution in [-0.4, -0.2) is 24.2 Å². The monoisotopic (exact) mass is 340 g/mol. The molecule has 0 radical (unpaired) electrons. The lowest BCUT2D eigenvalue weighted by Gasteiger charge is -1.97. The summed E-state index contributed by atoms with van der Waals surface area (Å²) < 4.78 is 0. The predicted octanol–water partition coefficient (Wildman–Crippen LogP) is 4.21. The summed E-state index contributed by atoms with van der Waals surface area (Å²) in [6.07, 6.45) is 3.04. The van der Waals surface area contributed by atoms with Crippen LogP contribution in [0.5, 0.6) is 0 Å². The minimum Gasteiger partial charge on any atom is -0.267 e. The zero-order chi connectivity index (χ0) is 18.2. The number of aliphatic imine (C=N–C) groups is 2. The van der Waals surface area contributed by atoms with E-state index in [1.807, 2.05) is 36.4 Å². The van der Waals surface area contributed by atoms with Gasteiger partial charge in [0.15, 0.2) is 0 Å². The van der Waals surface area contributed by atoms with Crippen LogP contribution >= 0.6 is 0 Å². The molecule has 4 nitrogen and oxygen atoms in total. The highest BCUT2D eigenvalue weighted by Gasteiger charge is 2.02. The first kappa shape index (κ1) is 17.2. The zero-order valence-electron chi connectivity index (χ0n) is 13.9. The predicted molar refractivity (Wildman–Crippen MR) is 103 cm³/mol. The Bertz CT molecular complexity index is 864. The number of carbonyl (C=O) groups excluding carboxylic acids is 2. The second-order valence-corrected chi connectivity index (χ2v) is 5.53. The van der Waals surface area contributed by atoms with Crippen LogP contribution in [-0.2, 0) is 0 Å². The number of nitrogens with zero attached hydrogens (tertiary/aromatic N) is 2. The summed E-state index contributed by atoms with van der Waals surface area (Å²) in [7, 11) is 0. The van der Waals surface area contributed by atoms with E-state index in [9.17, 15) is 9.59 Å². The van der Waals surface area contributed by atoms with Gasteiger partial charge in [0.2, 0.25) is 0 Å². The van der Waals surface area contributed by atoms with Crippen LogP contribution in [0, 0.1) is 0 Å². The highest BCUT2D eigenvalue weighted by atomic mass is 16.1. The molecule has 0 aliphatic carbocycles. The van der Waals surface area contributed by atoms with E-state index in [1.165, 1.54) is 12.4 Å². The first-order valence-electron chi connectivity index (χ1n) is 8.09. The molecule has 0 saturated heterocycles. The molecular formula is C22H16N2O2. The molecule has 0 spiro atoms. The van der Waals surface area contributed by atoms with Crippen LogP contribution in [0.25, 0.3) is 0 Å². The topological polar surface area (TPSA) is 58.9 Å². The number of hydrogen-bond acceptors (Lipinski definition) is 2. The Morgan fingerprint density at radius 2 is 0.885 bits per heavy atom. The van der Waals surface area contributed by atoms with Gasteiger partial charge in [0, 0.05) is 23.6 Å². The molecule has 3 aromatic rings. The quantitative estimate of drug-likeness (QED) is 0.668.